The van der Waals surface area contributed by atoms with Gasteiger partial charge < -0.3 is 15.3 Å². The fraction of sp³-hybridized carbons (Fsp3) is 1.00. The van der Waals surface area contributed by atoms with Crippen molar-refractivity contribution in [3.63, 3.8) is 0 Å². The first kappa shape index (κ1) is 12.9. The first-order valence-corrected chi connectivity index (χ1v) is 6.33. The second-order valence-electron chi connectivity index (χ2n) is 4.72. The number of nitrogens with zero attached hydrogens (tertiary/aromatic N) is 1. The van der Waals surface area contributed by atoms with Gasteiger partial charge in [0.2, 0.25) is 0 Å². The summed E-state index contributed by atoms with van der Waals surface area (Å²) in [6.07, 6.45) is 3.36. The van der Waals surface area contributed by atoms with Crippen molar-refractivity contribution in [1.82, 2.24) is 10.2 Å². The predicted octanol–water partition coefficient (Wildman–Crippen LogP) is 1.08. The maximum Gasteiger partial charge on any atom is 0.0524 e. The second-order valence-corrected chi connectivity index (χ2v) is 4.72. The molecule has 0 spiro atoms. The van der Waals surface area contributed by atoms with Gasteiger partial charge in [0.05, 0.1) is 6.10 Å². The molecule has 1 heterocycles. The summed E-state index contributed by atoms with van der Waals surface area (Å²) in [4.78, 5) is 2.47. The summed E-state index contributed by atoms with van der Waals surface area (Å²) in [6, 6.07) is 0. The number of hydrogen-bond donors (Lipinski definition) is 2. The van der Waals surface area contributed by atoms with Crippen LogP contribution in [0.2, 0.25) is 0 Å². The maximum absolute atomic E-state index is 9.27. The molecule has 1 atom stereocenters. The van der Waals surface area contributed by atoms with Crippen molar-refractivity contribution in [2.75, 3.05) is 32.7 Å². The summed E-state index contributed by atoms with van der Waals surface area (Å²) in [6.45, 7) is 9.80. The Bertz CT molecular complexity index is 156. The van der Waals surface area contributed by atoms with Gasteiger partial charge in [0.15, 0.2) is 0 Å². The van der Waals surface area contributed by atoms with E-state index in [0.717, 1.165) is 25.4 Å². The molecule has 0 bridgehead atoms. The van der Waals surface area contributed by atoms with Gasteiger partial charge in [-0.3, -0.25) is 0 Å². The summed E-state index contributed by atoms with van der Waals surface area (Å²) >= 11 is 0. The molecule has 0 aromatic heterocycles. The molecular formula is C12H26N2O. The van der Waals surface area contributed by atoms with Crippen LogP contribution in [0.3, 0.4) is 0 Å². The largest absolute Gasteiger partial charge is 0.393 e. The summed E-state index contributed by atoms with van der Waals surface area (Å²) in [5.74, 6) is 0.861. The molecule has 0 saturated carbocycles. The van der Waals surface area contributed by atoms with Crippen LogP contribution in [0.25, 0.3) is 0 Å². The van der Waals surface area contributed by atoms with Crippen LogP contribution in [0, 0.1) is 5.92 Å². The van der Waals surface area contributed by atoms with Gasteiger partial charge in [-0.25, -0.2) is 0 Å². The molecule has 1 unspecified atom stereocenters. The molecule has 0 radical (unpaired) electrons. The van der Waals surface area contributed by atoms with Crippen LogP contribution in [0.15, 0.2) is 0 Å². The summed E-state index contributed by atoms with van der Waals surface area (Å²) < 4.78 is 0. The molecule has 2 N–H and O–H groups in total. The molecule has 3 heteroatoms. The minimum Gasteiger partial charge on any atom is -0.393 e. The Morgan fingerprint density at radius 1 is 1.40 bits per heavy atom. The Hall–Kier alpha value is -0.120. The normalized spacial score (nSPS) is 20.8. The molecule has 90 valence electrons. The van der Waals surface area contributed by atoms with Gasteiger partial charge in [-0.05, 0) is 51.7 Å². The summed E-state index contributed by atoms with van der Waals surface area (Å²) in [5, 5.41) is 12.7. The zero-order chi connectivity index (χ0) is 11.1. The Morgan fingerprint density at radius 3 is 2.60 bits per heavy atom. The highest BCUT2D eigenvalue weighted by Crippen LogP contribution is 2.13. The quantitative estimate of drug-likeness (QED) is 0.694. The number of aliphatic hydroxyl groups is 1. The third kappa shape index (κ3) is 5.50. The van der Waals surface area contributed by atoms with Gasteiger partial charge >= 0.3 is 0 Å². The predicted molar refractivity (Wildman–Crippen MR) is 64.0 cm³/mol. The van der Waals surface area contributed by atoms with Crippen molar-refractivity contribution >= 4 is 0 Å². The van der Waals surface area contributed by atoms with E-state index in [1.165, 1.54) is 32.5 Å². The smallest absolute Gasteiger partial charge is 0.0524 e. The van der Waals surface area contributed by atoms with E-state index in [-0.39, 0.29) is 6.10 Å². The van der Waals surface area contributed by atoms with Crippen LogP contribution in [0.4, 0.5) is 0 Å². The molecule has 0 amide bonds. The van der Waals surface area contributed by atoms with Gasteiger partial charge in [0.1, 0.15) is 0 Å². The minimum atomic E-state index is -0.160. The lowest BCUT2D eigenvalue weighted by molar-refractivity contribution is 0.145. The molecular weight excluding hydrogens is 188 g/mol. The Balaban J connectivity index is 2.19. The summed E-state index contributed by atoms with van der Waals surface area (Å²) in [5.41, 5.74) is 0. The highest BCUT2D eigenvalue weighted by molar-refractivity contribution is 4.72. The van der Waals surface area contributed by atoms with Gasteiger partial charge in [-0.1, -0.05) is 6.92 Å². The maximum atomic E-state index is 9.27. The highest BCUT2D eigenvalue weighted by atomic mass is 16.3. The standard InChI is InChI=1S/C12H26N2O/c1-3-14(9-6-11(2)15)10-12-4-7-13-8-5-12/h11-13,15H,3-10H2,1-2H3. The monoisotopic (exact) mass is 214 g/mol. The first-order chi connectivity index (χ1) is 7.22. The Labute approximate surface area is 93.9 Å². The van der Waals surface area contributed by atoms with Gasteiger partial charge in [-0.2, -0.15) is 0 Å². The van der Waals surface area contributed by atoms with Crippen molar-refractivity contribution in [2.45, 2.75) is 39.2 Å². The number of hydrogen-bond acceptors (Lipinski definition) is 3. The Morgan fingerprint density at radius 2 is 2.07 bits per heavy atom. The van der Waals surface area contributed by atoms with Crippen molar-refractivity contribution in [3.05, 3.63) is 0 Å². The Kier molecular flexibility index (Phi) is 6.22. The average molecular weight is 214 g/mol. The molecule has 1 aliphatic rings. The van der Waals surface area contributed by atoms with Crippen molar-refractivity contribution in [3.8, 4) is 0 Å². The molecule has 1 aliphatic heterocycles. The third-order valence-electron chi connectivity index (χ3n) is 3.29. The lowest BCUT2D eigenvalue weighted by Gasteiger charge is -2.29. The van der Waals surface area contributed by atoms with Crippen molar-refractivity contribution < 1.29 is 5.11 Å². The van der Waals surface area contributed by atoms with Crippen molar-refractivity contribution in [2.24, 2.45) is 5.92 Å². The minimum absolute atomic E-state index is 0.160. The molecule has 1 rings (SSSR count). The molecule has 0 aromatic carbocycles. The highest BCUT2D eigenvalue weighted by Gasteiger charge is 2.16. The number of piperidine rings is 1. The fourth-order valence-corrected chi connectivity index (χ4v) is 2.18. The molecule has 1 fully saturated rings. The molecule has 3 nitrogen and oxygen atoms in total. The SMILES string of the molecule is CCN(CCC(C)O)CC1CCNCC1. The molecule has 15 heavy (non-hydrogen) atoms. The van der Waals surface area contributed by atoms with E-state index in [1.807, 2.05) is 6.92 Å². The van der Waals surface area contributed by atoms with Crippen LogP contribution < -0.4 is 5.32 Å². The topological polar surface area (TPSA) is 35.5 Å². The van der Waals surface area contributed by atoms with E-state index < -0.39 is 0 Å². The lowest BCUT2D eigenvalue weighted by Crippen LogP contribution is -2.37. The lowest BCUT2D eigenvalue weighted by atomic mass is 9.97. The van der Waals surface area contributed by atoms with Crippen LogP contribution in [0.5, 0.6) is 0 Å². The van der Waals surface area contributed by atoms with Crippen LogP contribution in [-0.2, 0) is 0 Å². The second kappa shape index (κ2) is 7.20. The zero-order valence-corrected chi connectivity index (χ0v) is 10.2. The van der Waals surface area contributed by atoms with E-state index in [2.05, 4.69) is 17.1 Å². The number of nitrogens with one attached hydrogen (secondary N) is 1. The molecule has 0 aliphatic carbocycles. The average Bonchev–Trinajstić information content (AvgIpc) is 2.25. The molecule has 0 aromatic rings. The van der Waals surface area contributed by atoms with Gasteiger partial charge in [-0.15, -0.1) is 0 Å². The van der Waals surface area contributed by atoms with Crippen LogP contribution >= 0.6 is 0 Å². The van der Waals surface area contributed by atoms with Crippen molar-refractivity contribution in [1.29, 1.82) is 0 Å². The van der Waals surface area contributed by atoms with Gasteiger partial charge in [0.25, 0.3) is 0 Å². The van der Waals surface area contributed by atoms with Crippen LogP contribution in [-0.4, -0.2) is 48.8 Å². The fourth-order valence-electron chi connectivity index (χ4n) is 2.18. The van der Waals surface area contributed by atoms with E-state index in [4.69, 9.17) is 0 Å². The molecule has 1 saturated heterocycles. The third-order valence-corrected chi connectivity index (χ3v) is 3.29. The number of rotatable bonds is 6. The van der Waals surface area contributed by atoms with E-state index in [0.29, 0.717) is 0 Å². The van der Waals surface area contributed by atoms with E-state index in [1.54, 1.807) is 0 Å². The van der Waals surface area contributed by atoms with Gasteiger partial charge in [0, 0.05) is 13.1 Å². The van der Waals surface area contributed by atoms with Crippen LogP contribution in [0.1, 0.15) is 33.1 Å². The zero-order valence-electron chi connectivity index (χ0n) is 10.2. The summed E-state index contributed by atoms with van der Waals surface area (Å²) in [7, 11) is 0. The van der Waals surface area contributed by atoms with E-state index in [9.17, 15) is 5.11 Å². The first-order valence-electron chi connectivity index (χ1n) is 6.33. The number of aliphatic hydroxyl groups excluding tert-OH is 1. The van der Waals surface area contributed by atoms with E-state index >= 15 is 0 Å².